The zero-order valence-electron chi connectivity index (χ0n) is 4.43. The minimum Gasteiger partial charge on any atom is -0.165 e. The first-order valence-electron chi connectivity index (χ1n) is 1.48. The average molecular weight is 131 g/mol. The van der Waals surface area contributed by atoms with Crippen LogP contribution in [-0.4, -0.2) is 10.8 Å². The smallest absolute Gasteiger partial charge is 0.165 e. The number of rotatable bonds is 1. The van der Waals surface area contributed by atoms with Gasteiger partial charge in [-0.25, -0.2) is 0 Å². The van der Waals surface area contributed by atoms with Gasteiger partial charge in [0.1, 0.15) is 0 Å². The summed E-state index contributed by atoms with van der Waals surface area (Å²) >= 11 is 5.80. The molecule has 3 heteroatoms. The van der Waals surface area contributed by atoms with Crippen molar-refractivity contribution in [1.29, 1.82) is 0 Å². The third-order valence-corrected chi connectivity index (χ3v) is 1.66. The standard InChI is InChI=1S/C3H8S2.Na/c1-3(4)5-2;/h3-4H,1-2H3;/q;+1. The van der Waals surface area contributed by atoms with Gasteiger partial charge in [-0.05, 0) is 13.2 Å². The van der Waals surface area contributed by atoms with Crippen molar-refractivity contribution in [2.75, 3.05) is 6.26 Å². The summed E-state index contributed by atoms with van der Waals surface area (Å²) in [6.45, 7) is 2.05. The molecule has 0 aromatic rings. The quantitative estimate of drug-likeness (QED) is 0.260. The van der Waals surface area contributed by atoms with Crippen molar-refractivity contribution in [3.05, 3.63) is 0 Å². The van der Waals surface area contributed by atoms with Gasteiger partial charge < -0.3 is 0 Å². The van der Waals surface area contributed by atoms with Crippen LogP contribution in [0.2, 0.25) is 0 Å². The summed E-state index contributed by atoms with van der Waals surface area (Å²) in [6, 6.07) is 0. The predicted octanol–water partition coefficient (Wildman–Crippen LogP) is -1.37. The number of hydrogen-bond acceptors (Lipinski definition) is 2. The molecule has 0 saturated heterocycles. The van der Waals surface area contributed by atoms with Gasteiger partial charge in [0, 0.05) is 4.58 Å². The van der Waals surface area contributed by atoms with Gasteiger partial charge in [-0.15, -0.1) is 0 Å². The maximum atomic E-state index is 4.06. The molecule has 0 bridgehead atoms. The molecule has 0 aliphatic rings. The van der Waals surface area contributed by atoms with Crippen molar-refractivity contribution in [3.8, 4) is 0 Å². The topological polar surface area (TPSA) is 0 Å². The molecule has 1 unspecified atom stereocenters. The molecular weight excluding hydrogens is 123 g/mol. The van der Waals surface area contributed by atoms with Crippen molar-refractivity contribution < 1.29 is 29.6 Å². The minimum absolute atomic E-state index is 0. The molecule has 0 saturated carbocycles. The maximum Gasteiger partial charge on any atom is 1.00 e. The molecule has 0 aromatic carbocycles. The Morgan fingerprint density at radius 2 is 1.83 bits per heavy atom. The molecule has 0 aliphatic heterocycles. The third kappa shape index (κ3) is 9.20. The first-order chi connectivity index (χ1) is 2.27. The van der Waals surface area contributed by atoms with Gasteiger partial charge in [-0.2, -0.15) is 24.4 Å². The monoisotopic (exact) mass is 131 g/mol. The van der Waals surface area contributed by atoms with E-state index >= 15 is 0 Å². The van der Waals surface area contributed by atoms with Crippen LogP contribution < -0.4 is 29.6 Å². The van der Waals surface area contributed by atoms with E-state index in [1.807, 2.05) is 13.2 Å². The summed E-state index contributed by atoms with van der Waals surface area (Å²) < 4.78 is 0.495. The fraction of sp³-hybridized carbons (Fsp3) is 1.00. The van der Waals surface area contributed by atoms with E-state index in [1.54, 1.807) is 11.8 Å². The van der Waals surface area contributed by atoms with Gasteiger partial charge in [0.05, 0.1) is 0 Å². The Kier molecular flexibility index (Phi) is 11.9. The van der Waals surface area contributed by atoms with E-state index in [0.29, 0.717) is 4.58 Å². The van der Waals surface area contributed by atoms with E-state index in [2.05, 4.69) is 12.6 Å². The van der Waals surface area contributed by atoms with Crippen molar-refractivity contribution >= 4 is 24.4 Å². The Hall–Kier alpha value is 1.70. The summed E-state index contributed by atoms with van der Waals surface area (Å²) in [6.07, 6.45) is 2.04. The van der Waals surface area contributed by atoms with E-state index < -0.39 is 0 Å². The van der Waals surface area contributed by atoms with Crippen molar-refractivity contribution in [3.63, 3.8) is 0 Å². The molecule has 0 N–H and O–H groups in total. The molecule has 0 aliphatic carbocycles. The van der Waals surface area contributed by atoms with Crippen LogP contribution in [0.5, 0.6) is 0 Å². The minimum atomic E-state index is 0. The Bertz CT molecular complexity index is 22.8. The molecular formula is C3H8NaS2+. The zero-order chi connectivity index (χ0) is 4.28. The molecule has 32 valence electrons. The maximum absolute atomic E-state index is 4.06. The molecule has 0 aromatic heterocycles. The van der Waals surface area contributed by atoms with Crippen LogP contribution in [0, 0.1) is 0 Å². The Balaban J connectivity index is 0. The van der Waals surface area contributed by atoms with Crippen molar-refractivity contribution in [2.24, 2.45) is 0 Å². The van der Waals surface area contributed by atoms with Gasteiger partial charge in [0.2, 0.25) is 0 Å². The van der Waals surface area contributed by atoms with E-state index in [-0.39, 0.29) is 29.6 Å². The van der Waals surface area contributed by atoms with E-state index in [4.69, 9.17) is 0 Å². The first-order valence-corrected chi connectivity index (χ1v) is 3.28. The van der Waals surface area contributed by atoms with Crippen LogP contribution >= 0.6 is 24.4 Å². The number of thiol groups is 1. The molecule has 0 amide bonds. The van der Waals surface area contributed by atoms with Crippen LogP contribution in [0.4, 0.5) is 0 Å². The van der Waals surface area contributed by atoms with Crippen LogP contribution in [0.1, 0.15) is 6.92 Å². The molecule has 0 fully saturated rings. The second-order valence-electron chi connectivity index (χ2n) is 0.835. The van der Waals surface area contributed by atoms with E-state index in [1.165, 1.54) is 0 Å². The fourth-order valence-electron chi connectivity index (χ4n) is 0. The Labute approximate surface area is 71.2 Å². The van der Waals surface area contributed by atoms with Gasteiger partial charge in [-0.1, -0.05) is 0 Å². The molecule has 0 heterocycles. The number of thioether (sulfide) groups is 1. The van der Waals surface area contributed by atoms with Crippen LogP contribution in [0.15, 0.2) is 0 Å². The van der Waals surface area contributed by atoms with E-state index in [0.717, 1.165) is 0 Å². The molecule has 0 radical (unpaired) electrons. The fourth-order valence-corrected chi connectivity index (χ4v) is 0. The Morgan fingerprint density at radius 1 is 1.67 bits per heavy atom. The van der Waals surface area contributed by atoms with Crippen molar-refractivity contribution in [2.45, 2.75) is 11.5 Å². The average Bonchev–Trinajstić information content (AvgIpc) is 1.38. The Morgan fingerprint density at radius 3 is 1.83 bits per heavy atom. The first kappa shape index (κ1) is 10.6. The molecule has 1 atom stereocenters. The predicted molar refractivity (Wildman–Crippen MR) is 32.0 cm³/mol. The van der Waals surface area contributed by atoms with Crippen LogP contribution in [0.3, 0.4) is 0 Å². The third-order valence-electron chi connectivity index (χ3n) is 0.341. The summed E-state index contributed by atoms with van der Waals surface area (Å²) in [5.74, 6) is 0. The second-order valence-corrected chi connectivity index (χ2v) is 3.14. The van der Waals surface area contributed by atoms with Crippen LogP contribution in [0.25, 0.3) is 0 Å². The summed E-state index contributed by atoms with van der Waals surface area (Å²) in [5.41, 5.74) is 0. The largest absolute Gasteiger partial charge is 1.00 e. The van der Waals surface area contributed by atoms with E-state index in [9.17, 15) is 0 Å². The normalized spacial score (nSPS) is 12.5. The molecule has 0 nitrogen and oxygen atoms in total. The SMILES string of the molecule is CSC(C)S.[Na+]. The zero-order valence-corrected chi connectivity index (χ0v) is 8.14. The van der Waals surface area contributed by atoms with Gasteiger partial charge in [0.15, 0.2) is 0 Å². The molecule has 6 heavy (non-hydrogen) atoms. The molecule has 0 rings (SSSR count). The molecule has 0 spiro atoms. The van der Waals surface area contributed by atoms with Gasteiger partial charge >= 0.3 is 29.6 Å². The summed E-state index contributed by atoms with van der Waals surface area (Å²) in [4.78, 5) is 0. The summed E-state index contributed by atoms with van der Waals surface area (Å²) in [5, 5.41) is 0. The van der Waals surface area contributed by atoms with Crippen molar-refractivity contribution in [1.82, 2.24) is 0 Å². The second kappa shape index (κ2) is 6.70. The summed E-state index contributed by atoms with van der Waals surface area (Å²) in [7, 11) is 0. The van der Waals surface area contributed by atoms with Crippen LogP contribution in [-0.2, 0) is 0 Å². The van der Waals surface area contributed by atoms with Gasteiger partial charge in [-0.3, -0.25) is 0 Å². The number of hydrogen-bond donors (Lipinski definition) is 1. The van der Waals surface area contributed by atoms with Gasteiger partial charge in [0.25, 0.3) is 0 Å².